The van der Waals surface area contributed by atoms with Crippen LogP contribution in [-0.4, -0.2) is 38.7 Å². The highest BCUT2D eigenvalue weighted by atomic mass is 16.5. The molecule has 18 heavy (non-hydrogen) atoms. The molecule has 3 nitrogen and oxygen atoms in total. The molecule has 100 valence electrons. The minimum Gasteiger partial charge on any atom is -0.494 e. The first-order chi connectivity index (χ1) is 8.63. The summed E-state index contributed by atoms with van der Waals surface area (Å²) in [5.74, 6) is 1.72. The molecule has 1 heterocycles. The van der Waals surface area contributed by atoms with Crippen molar-refractivity contribution in [3.05, 3.63) is 29.3 Å². The highest BCUT2D eigenvalue weighted by Crippen LogP contribution is 2.32. The van der Waals surface area contributed by atoms with Gasteiger partial charge in [-0.05, 0) is 45.1 Å². The van der Waals surface area contributed by atoms with Crippen molar-refractivity contribution >= 4 is 0 Å². The van der Waals surface area contributed by atoms with Crippen molar-refractivity contribution in [2.24, 2.45) is 5.92 Å². The zero-order valence-corrected chi connectivity index (χ0v) is 11.9. The van der Waals surface area contributed by atoms with Gasteiger partial charge in [0.05, 0.1) is 6.61 Å². The van der Waals surface area contributed by atoms with Gasteiger partial charge in [-0.25, -0.2) is 0 Å². The van der Waals surface area contributed by atoms with Crippen LogP contribution >= 0.6 is 0 Å². The molecular weight excluding hydrogens is 224 g/mol. The first-order valence-electron chi connectivity index (χ1n) is 6.74. The molecule has 0 aliphatic carbocycles. The zero-order valence-electron chi connectivity index (χ0n) is 11.9. The molecular formula is C15H24N2O. The normalized spacial score (nSPS) is 17.6. The van der Waals surface area contributed by atoms with Gasteiger partial charge in [-0.3, -0.25) is 0 Å². The van der Waals surface area contributed by atoms with Crippen molar-refractivity contribution in [2.75, 3.05) is 33.8 Å². The summed E-state index contributed by atoms with van der Waals surface area (Å²) >= 11 is 0. The van der Waals surface area contributed by atoms with Crippen LogP contribution in [-0.2, 0) is 0 Å². The Morgan fingerprint density at radius 3 is 2.56 bits per heavy atom. The van der Waals surface area contributed by atoms with Crippen molar-refractivity contribution in [3.63, 3.8) is 0 Å². The Morgan fingerprint density at radius 1 is 1.39 bits per heavy atom. The predicted molar refractivity (Wildman–Crippen MR) is 75.1 cm³/mol. The molecule has 1 unspecified atom stereocenters. The molecule has 0 aromatic heterocycles. The molecule has 0 spiro atoms. The Hall–Kier alpha value is -1.06. The fraction of sp³-hybridized carbons (Fsp3) is 0.600. The lowest BCUT2D eigenvalue weighted by atomic mass is 9.87. The molecule has 0 amide bonds. The highest BCUT2D eigenvalue weighted by Gasteiger charge is 2.29. The van der Waals surface area contributed by atoms with Crippen LogP contribution in [0.5, 0.6) is 5.75 Å². The van der Waals surface area contributed by atoms with Gasteiger partial charge in [-0.15, -0.1) is 0 Å². The van der Waals surface area contributed by atoms with Gasteiger partial charge < -0.3 is 15.0 Å². The molecule has 2 rings (SSSR count). The average molecular weight is 248 g/mol. The molecule has 3 heteroatoms. The van der Waals surface area contributed by atoms with E-state index in [-0.39, 0.29) is 0 Å². The number of rotatable bonds is 5. The maximum absolute atomic E-state index is 5.61. The Morgan fingerprint density at radius 2 is 2.11 bits per heavy atom. The molecule has 1 atom stereocenters. The number of ether oxygens (including phenoxy) is 1. The summed E-state index contributed by atoms with van der Waals surface area (Å²) in [6.07, 6.45) is 0. The van der Waals surface area contributed by atoms with E-state index in [0.717, 1.165) is 31.4 Å². The fourth-order valence-corrected chi connectivity index (χ4v) is 2.70. The first kappa shape index (κ1) is 13.4. The Bertz CT molecular complexity index is 399. The Labute approximate surface area is 110 Å². The maximum atomic E-state index is 5.61. The zero-order chi connectivity index (χ0) is 13.1. The number of aryl methyl sites for hydroxylation is 1. The lowest BCUT2D eigenvalue weighted by Crippen LogP contribution is -2.48. The van der Waals surface area contributed by atoms with Crippen LogP contribution < -0.4 is 10.1 Å². The maximum Gasteiger partial charge on any atom is 0.122 e. The van der Waals surface area contributed by atoms with Crippen LogP contribution in [0.4, 0.5) is 0 Å². The van der Waals surface area contributed by atoms with Gasteiger partial charge >= 0.3 is 0 Å². The van der Waals surface area contributed by atoms with Crippen molar-refractivity contribution in [2.45, 2.75) is 19.9 Å². The van der Waals surface area contributed by atoms with E-state index in [9.17, 15) is 0 Å². The van der Waals surface area contributed by atoms with Crippen molar-refractivity contribution in [3.8, 4) is 5.75 Å². The first-order valence-corrected chi connectivity index (χ1v) is 6.74. The molecule has 1 aromatic carbocycles. The second-order valence-corrected chi connectivity index (χ2v) is 5.28. The summed E-state index contributed by atoms with van der Waals surface area (Å²) in [6, 6.07) is 7.09. The summed E-state index contributed by atoms with van der Waals surface area (Å²) in [4.78, 5) is 2.32. The summed E-state index contributed by atoms with van der Waals surface area (Å²) in [6.45, 7) is 7.12. The lowest BCUT2D eigenvalue weighted by molar-refractivity contribution is 0.160. The van der Waals surface area contributed by atoms with Gasteiger partial charge in [0.1, 0.15) is 5.75 Å². The third-order valence-electron chi connectivity index (χ3n) is 3.66. The monoisotopic (exact) mass is 248 g/mol. The SMILES string of the molecule is CCOc1ccc(C(C2CNC2)N(C)C)cc1C. The Kier molecular flexibility index (Phi) is 4.25. The van der Waals surface area contributed by atoms with Crippen LogP contribution in [0.1, 0.15) is 24.1 Å². The fourth-order valence-electron chi connectivity index (χ4n) is 2.70. The van der Waals surface area contributed by atoms with Gasteiger partial charge in [0, 0.05) is 25.0 Å². The van der Waals surface area contributed by atoms with Crippen LogP contribution in [0.15, 0.2) is 18.2 Å². The van der Waals surface area contributed by atoms with Gasteiger partial charge in [0.15, 0.2) is 0 Å². The Balaban J connectivity index is 2.22. The van der Waals surface area contributed by atoms with Crippen LogP contribution in [0, 0.1) is 12.8 Å². The minimum atomic E-state index is 0.501. The smallest absolute Gasteiger partial charge is 0.122 e. The second-order valence-electron chi connectivity index (χ2n) is 5.28. The number of hydrogen-bond acceptors (Lipinski definition) is 3. The molecule has 1 aliphatic rings. The molecule has 1 fully saturated rings. The third-order valence-corrected chi connectivity index (χ3v) is 3.66. The standard InChI is InChI=1S/C15H24N2O/c1-5-18-14-7-6-12(8-11(14)2)15(17(3)4)13-9-16-10-13/h6-8,13,15-16H,5,9-10H2,1-4H3. The van der Waals surface area contributed by atoms with Crippen molar-refractivity contribution in [1.82, 2.24) is 10.2 Å². The van der Waals surface area contributed by atoms with E-state index in [1.165, 1.54) is 11.1 Å². The molecule has 0 saturated carbocycles. The van der Waals surface area contributed by atoms with E-state index >= 15 is 0 Å². The van der Waals surface area contributed by atoms with Gasteiger partial charge in [0.25, 0.3) is 0 Å². The van der Waals surface area contributed by atoms with E-state index in [0.29, 0.717) is 6.04 Å². The third kappa shape index (κ3) is 2.68. The lowest BCUT2D eigenvalue weighted by Gasteiger charge is -2.39. The van der Waals surface area contributed by atoms with Gasteiger partial charge in [0.2, 0.25) is 0 Å². The van der Waals surface area contributed by atoms with Crippen molar-refractivity contribution in [1.29, 1.82) is 0 Å². The van der Waals surface area contributed by atoms with Gasteiger partial charge in [-0.2, -0.15) is 0 Å². The minimum absolute atomic E-state index is 0.501. The molecule has 0 radical (unpaired) electrons. The summed E-state index contributed by atoms with van der Waals surface area (Å²) in [7, 11) is 4.32. The van der Waals surface area contributed by atoms with E-state index in [2.05, 4.69) is 49.4 Å². The number of nitrogens with one attached hydrogen (secondary N) is 1. The van der Waals surface area contributed by atoms with Crippen LogP contribution in [0.3, 0.4) is 0 Å². The summed E-state index contributed by atoms with van der Waals surface area (Å²) < 4.78 is 5.61. The largest absolute Gasteiger partial charge is 0.494 e. The summed E-state index contributed by atoms with van der Waals surface area (Å²) in [5, 5.41) is 3.36. The molecule has 0 bridgehead atoms. The molecule has 1 aliphatic heterocycles. The van der Waals surface area contributed by atoms with E-state index in [4.69, 9.17) is 4.74 Å². The molecule has 1 aromatic rings. The summed E-state index contributed by atoms with van der Waals surface area (Å²) in [5.41, 5.74) is 2.63. The van der Waals surface area contributed by atoms with E-state index in [1.807, 2.05) is 6.92 Å². The average Bonchev–Trinajstić information content (AvgIpc) is 2.26. The van der Waals surface area contributed by atoms with E-state index < -0.39 is 0 Å². The number of nitrogens with zero attached hydrogens (tertiary/aromatic N) is 1. The van der Waals surface area contributed by atoms with Crippen LogP contribution in [0.25, 0.3) is 0 Å². The highest BCUT2D eigenvalue weighted by molar-refractivity contribution is 5.38. The van der Waals surface area contributed by atoms with E-state index in [1.54, 1.807) is 0 Å². The quantitative estimate of drug-likeness (QED) is 0.864. The number of hydrogen-bond donors (Lipinski definition) is 1. The van der Waals surface area contributed by atoms with Gasteiger partial charge in [-0.1, -0.05) is 12.1 Å². The topological polar surface area (TPSA) is 24.5 Å². The number of benzene rings is 1. The second kappa shape index (κ2) is 5.72. The van der Waals surface area contributed by atoms with Crippen LogP contribution in [0.2, 0.25) is 0 Å². The van der Waals surface area contributed by atoms with Crippen molar-refractivity contribution < 1.29 is 4.74 Å². The molecule has 1 N–H and O–H groups in total. The molecule has 1 saturated heterocycles. The predicted octanol–water partition coefficient (Wildman–Crippen LogP) is 2.22.